The minimum Gasteiger partial charge on any atom is -0.378 e. The second-order valence-corrected chi connectivity index (χ2v) is 2.54. The molecule has 3 nitrogen and oxygen atoms in total. The molecule has 0 amide bonds. The van der Waals surface area contributed by atoms with Gasteiger partial charge < -0.3 is 4.90 Å². The first-order valence-electron chi connectivity index (χ1n) is 3.44. The van der Waals surface area contributed by atoms with E-state index in [-0.39, 0.29) is 6.61 Å². The Morgan fingerprint density at radius 1 is 1.55 bits per heavy atom. The molecule has 0 unspecified atom stereocenters. The van der Waals surface area contributed by atoms with Crippen molar-refractivity contribution in [1.29, 1.82) is 0 Å². The van der Waals surface area contributed by atoms with Crippen LogP contribution >= 0.6 is 0 Å². The molecule has 1 aromatic heterocycles. The van der Waals surface area contributed by atoms with Crippen LogP contribution in [0, 0.1) is 0 Å². The molecule has 0 aromatic carbocycles. The SMILES string of the molecule is CN(C)c1ccnc(C[O])c1. The van der Waals surface area contributed by atoms with Crippen molar-refractivity contribution in [3.63, 3.8) is 0 Å². The second kappa shape index (κ2) is 3.34. The number of hydrogen-bond acceptors (Lipinski definition) is 2. The largest absolute Gasteiger partial charge is 0.378 e. The normalized spacial score (nSPS) is 9.73. The third kappa shape index (κ3) is 1.91. The van der Waals surface area contributed by atoms with Gasteiger partial charge in [0, 0.05) is 26.0 Å². The molecule has 0 aliphatic carbocycles. The number of nitrogens with zero attached hydrogens (tertiary/aromatic N) is 2. The Morgan fingerprint density at radius 2 is 2.27 bits per heavy atom. The van der Waals surface area contributed by atoms with E-state index >= 15 is 0 Å². The lowest BCUT2D eigenvalue weighted by Crippen LogP contribution is -2.09. The number of anilines is 1. The molecular weight excluding hydrogens is 140 g/mol. The second-order valence-electron chi connectivity index (χ2n) is 2.54. The average molecular weight is 151 g/mol. The molecule has 11 heavy (non-hydrogen) atoms. The van der Waals surface area contributed by atoms with Gasteiger partial charge in [0.1, 0.15) is 6.61 Å². The zero-order chi connectivity index (χ0) is 8.27. The fourth-order valence-electron chi connectivity index (χ4n) is 0.823. The van der Waals surface area contributed by atoms with E-state index in [1.807, 2.05) is 25.1 Å². The number of aromatic nitrogens is 1. The quantitative estimate of drug-likeness (QED) is 0.634. The molecule has 1 radical (unpaired) electrons. The van der Waals surface area contributed by atoms with Crippen molar-refractivity contribution in [3.05, 3.63) is 24.0 Å². The van der Waals surface area contributed by atoms with E-state index in [1.165, 1.54) is 0 Å². The van der Waals surface area contributed by atoms with Gasteiger partial charge >= 0.3 is 0 Å². The van der Waals surface area contributed by atoms with Crippen LogP contribution in [-0.4, -0.2) is 19.1 Å². The summed E-state index contributed by atoms with van der Waals surface area (Å²) in [5.74, 6) is 0. The summed E-state index contributed by atoms with van der Waals surface area (Å²) in [6.07, 6.45) is 1.66. The maximum absolute atomic E-state index is 10.4. The van der Waals surface area contributed by atoms with E-state index in [0.29, 0.717) is 5.69 Å². The lowest BCUT2D eigenvalue weighted by Gasteiger charge is -2.11. The van der Waals surface area contributed by atoms with Gasteiger partial charge in [-0.15, -0.1) is 0 Å². The first-order valence-corrected chi connectivity index (χ1v) is 3.44. The summed E-state index contributed by atoms with van der Waals surface area (Å²) in [5, 5.41) is 10.4. The Hall–Kier alpha value is -1.09. The van der Waals surface area contributed by atoms with Crippen LogP contribution < -0.4 is 4.90 Å². The van der Waals surface area contributed by atoms with Crippen LogP contribution in [0.2, 0.25) is 0 Å². The summed E-state index contributed by atoms with van der Waals surface area (Å²) in [6, 6.07) is 3.67. The summed E-state index contributed by atoms with van der Waals surface area (Å²) in [6.45, 7) is -0.248. The molecule has 3 heteroatoms. The molecule has 0 saturated heterocycles. The number of rotatable bonds is 2. The fourth-order valence-corrected chi connectivity index (χ4v) is 0.823. The fraction of sp³-hybridized carbons (Fsp3) is 0.375. The van der Waals surface area contributed by atoms with E-state index in [0.717, 1.165) is 5.69 Å². The predicted octanol–water partition coefficient (Wildman–Crippen LogP) is 1.08. The van der Waals surface area contributed by atoms with Crippen LogP contribution in [0.3, 0.4) is 0 Å². The van der Waals surface area contributed by atoms with E-state index in [2.05, 4.69) is 4.98 Å². The van der Waals surface area contributed by atoms with Gasteiger partial charge in [-0.25, -0.2) is 5.11 Å². The molecule has 0 N–H and O–H groups in total. The Balaban J connectivity index is 2.91. The number of hydrogen-bond donors (Lipinski definition) is 0. The Labute approximate surface area is 66.3 Å². The minimum atomic E-state index is -0.248. The maximum atomic E-state index is 10.4. The van der Waals surface area contributed by atoms with Crippen LogP contribution in [0.4, 0.5) is 5.69 Å². The van der Waals surface area contributed by atoms with Gasteiger partial charge in [-0.1, -0.05) is 0 Å². The zero-order valence-electron chi connectivity index (χ0n) is 6.74. The molecule has 0 saturated carbocycles. The summed E-state index contributed by atoms with van der Waals surface area (Å²) in [7, 11) is 3.87. The molecular formula is C8H11N2O. The van der Waals surface area contributed by atoms with Crippen LogP contribution in [0.5, 0.6) is 0 Å². The van der Waals surface area contributed by atoms with Gasteiger partial charge in [-0.05, 0) is 12.1 Å². The standard InChI is InChI=1S/C8H11N2O/c1-10(2)8-3-4-9-7(5-8)6-11/h3-5H,6H2,1-2H3. The monoisotopic (exact) mass is 151 g/mol. The van der Waals surface area contributed by atoms with Crippen molar-refractivity contribution in [1.82, 2.24) is 4.98 Å². The topological polar surface area (TPSA) is 36.0 Å². The molecule has 0 atom stereocenters. The lowest BCUT2D eigenvalue weighted by atomic mass is 10.3. The van der Waals surface area contributed by atoms with E-state index in [4.69, 9.17) is 0 Å². The van der Waals surface area contributed by atoms with Crippen LogP contribution in [0.1, 0.15) is 5.69 Å². The van der Waals surface area contributed by atoms with Gasteiger partial charge in [-0.3, -0.25) is 4.98 Å². The molecule has 0 aliphatic rings. The molecule has 0 aliphatic heterocycles. The molecule has 0 fully saturated rings. The Bertz CT molecular complexity index is 235. The van der Waals surface area contributed by atoms with Crippen molar-refractivity contribution >= 4 is 5.69 Å². The van der Waals surface area contributed by atoms with E-state index < -0.39 is 0 Å². The molecule has 1 heterocycles. The van der Waals surface area contributed by atoms with E-state index in [9.17, 15) is 5.11 Å². The summed E-state index contributed by atoms with van der Waals surface area (Å²) in [4.78, 5) is 5.85. The zero-order valence-corrected chi connectivity index (χ0v) is 6.74. The highest BCUT2D eigenvalue weighted by atomic mass is 16.3. The van der Waals surface area contributed by atoms with Crippen molar-refractivity contribution < 1.29 is 5.11 Å². The van der Waals surface area contributed by atoms with Gasteiger partial charge in [0.05, 0.1) is 5.69 Å². The third-order valence-electron chi connectivity index (χ3n) is 1.46. The molecule has 0 spiro atoms. The smallest absolute Gasteiger partial charge is 0.124 e. The predicted molar refractivity (Wildman–Crippen MR) is 43.0 cm³/mol. The van der Waals surface area contributed by atoms with Crippen molar-refractivity contribution in [3.8, 4) is 0 Å². The maximum Gasteiger partial charge on any atom is 0.124 e. The first-order chi connectivity index (χ1) is 5.24. The number of pyridine rings is 1. The van der Waals surface area contributed by atoms with Crippen LogP contribution in [0.25, 0.3) is 0 Å². The van der Waals surface area contributed by atoms with Crippen LogP contribution in [0.15, 0.2) is 18.3 Å². The highest BCUT2D eigenvalue weighted by molar-refractivity contribution is 5.44. The van der Waals surface area contributed by atoms with Crippen molar-refractivity contribution in [2.24, 2.45) is 0 Å². The average Bonchev–Trinajstić information content (AvgIpc) is 2.05. The van der Waals surface area contributed by atoms with E-state index in [1.54, 1.807) is 12.3 Å². The summed E-state index contributed by atoms with van der Waals surface area (Å²) < 4.78 is 0. The third-order valence-corrected chi connectivity index (χ3v) is 1.46. The minimum absolute atomic E-state index is 0.248. The molecule has 0 bridgehead atoms. The highest BCUT2D eigenvalue weighted by Gasteiger charge is 1.96. The highest BCUT2D eigenvalue weighted by Crippen LogP contribution is 2.10. The Morgan fingerprint density at radius 3 is 2.82 bits per heavy atom. The summed E-state index contributed by atoms with van der Waals surface area (Å²) >= 11 is 0. The van der Waals surface area contributed by atoms with Gasteiger partial charge in [-0.2, -0.15) is 0 Å². The van der Waals surface area contributed by atoms with Crippen LogP contribution in [-0.2, 0) is 11.7 Å². The first kappa shape index (κ1) is 8.01. The lowest BCUT2D eigenvalue weighted by molar-refractivity contribution is 0.174. The van der Waals surface area contributed by atoms with Gasteiger partial charge in [0.15, 0.2) is 0 Å². The molecule has 1 rings (SSSR count). The summed E-state index contributed by atoms with van der Waals surface area (Å²) in [5.41, 5.74) is 1.61. The molecule has 1 aromatic rings. The van der Waals surface area contributed by atoms with Crippen molar-refractivity contribution in [2.75, 3.05) is 19.0 Å². The van der Waals surface area contributed by atoms with Crippen molar-refractivity contribution in [2.45, 2.75) is 6.61 Å². The van der Waals surface area contributed by atoms with Gasteiger partial charge in [0.25, 0.3) is 0 Å². The van der Waals surface area contributed by atoms with Gasteiger partial charge in [0.2, 0.25) is 0 Å². The Kier molecular flexibility index (Phi) is 2.44. The molecule has 59 valence electrons.